The third-order valence-electron chi connectivity index (χ3n) is 2.65. The highest BCUT2D eigenvalue weighted by Crippen LogP contribution is 2.30. The van der Waals surface area contributed by atoms with Gasteiger partial charge in [0, 0.05) is 16.9 Å². The van der Waals surface area contributed by atoms with Gasteiger partial charge in [-0.25, -0.2) is 4.79 Å². The number of aryl methyl sites for hydroxylation is 1. The van der Waals surface area contributed by atoms with Crippen molar-refractivity contribution in [3.8, 4) is 6.07 Å². The molecule has 0 aromatic carbocycles. The minimum Gasteiger partial charge on any atom is -0.427 e. The van der Waals surface area contributed by atoms with Crippen molar-refractivity contribution in [3.63, 3.8) is 0 Å². The zero-order valence-electron chi connectivity index (χ0n) is 8.50. The molecule has 15 heavy (non-hydrogen) atoms. The molecular formula is C11H11NO2S. The average Bonchev–Trinajstić information content (AvgIpc) is 2.27. The lowest BCUT2D eigenvalue weighted by Gasteiger charge is -2.16. The summed E-state index contributed by atoms with van der Waals surface area (Å²) in [6.45, 7) is 0. The van der Waals surface area contributed by atoms with Crippen LogP contribution in [0, 0.1) is 11.3 Å². The van der Waals surface area contributed by atoms with Crippen LogP contribution in [0.25, 0.3) is 0 Å². The molecule has 0 bridgehead atoms. The molecular weight excluding hydrogens is 210 g/mol. The van der Waals surface area contributed by atoms with Gasteiger partial charge in [0.15, 0.2) is 5.56 Å². The third kappa shape index (κ3) is 1.68. The Morgan fingerprint density at radius 2 is 2.13 bits per heavy atom. The molecule has 0 amide bonds. The van der Waals surface area contributed by atoms with Gasteiger partial charge >= 0.3 is 5.63 Å². The molecule has 0 saturated carbocycles. The van der Waals surface area contributed by atoms with Crippen molar-refractivity contribution in [1.29, 1.82) is 5.26 Å². The van der Waals surface area contributed by atoms with E-state index in [1.54, 1.807) is 0 Å². The van der Waals surface area contributed by atoms with Crippen molar-refractivity contribution in [2.75, 3.05) is 6.26 Å². The Kier molecular flexibility index (Phi) is 2.83. The number of thioether (sulfide) groups is 1. The lowest BCUT2D eigenvalue weighted by atomic mass is 9.96. The van der Waals surface area contributed by atoms with Crippen molar-refractivity contribution >= 4 is 11.8 Å². The number of rotatable bonds is 1. The van der Waals surface area contributed by atoms with Crippen molar-refractivity contribution < 1.29 is 4.42 Å². The molecule has 0 N–H and O–H groups in total. The molecule has 0 saturated heterocycles. The van der Waals surface area contributed by atoms with E-state index in [0.717, 1.165) is 41.9 Å². The highest BCUT2D eigenvalue weighted by Gasteiger charge is 2.21. The Balaban J connectivity index is 2.72. The van der Waals surface area contributed by atoms with E-state index in [4.69, 9.17) is 9.68 Å². The van der Waals surface area contributed by atoms with Gasteiger partial charge in [-0.15, -0.1) is 11.8 Å². The molecule has 0 radical (unpaired) electrons. The second-order valence-electron chi connectivity index (χ2n) is 3.52. The first-order valence-electron chi connectivity index (χ1n) is 4.91. The van der Waals surface area contributed by atoms with Crippen LogP contribution in [0.4, 0.5) is 0 Å². The van der Waals surface area contributed by atoms with Crippen LogP contribution in [0.5, 0.6) is 0 Å². The third-order valence-corrected chi connectivity index (χ3v) is 3.51. The van der Waals surface area contributed by atoms with Crippen molar-refractivity contribution in [2.24, 2.45) is 0 Å². The summed E-state index contributed by atoms with van der Waals surface area (Å²) in [5.74, 6) is 0.787. The van der Waals surface area contributed by atoms with Gasteiger partial charge in [-0.05, 0) is 25.5 Å². The molecule has 2 rings (SSSR count). The average molecular weight is 221 g/mol. The van der Waals surface area contributed by atoms with Crippen LogP contribution in [0.3, 0.4) is 0 Å². The number of hydrogen-bond donors (Lipinski definition) is 0. The minimum atomic E-state index is -0.484. The van der Waals surface area contributed by atoms with Crippen LogP contribution < -0.4 is 5.63 Å². The number of fused-ring (bicyclic) bond motifs is 1. The first-order valence-corrected chi connectivity index (χ1v) is 6.13. The van der Waals surface area contributed by atoms with Crippen LogP contribution in [0.1, 0.15) is 29.7 Å². The second-order valence-corrected chi connectivity index (χ2v) is 4.33. The molecule has 0 fully saturated rings. The van der Waals surface area contributed by atoms with E-state index in [0.29, 0.717) is 0 Å². The molecule has 0 unspecified atom stereocenters. The second kappa shape index (κ2) is 4.11. The van der Waals surface area contributed by atoms with E-state index in [1.165, 1.54) is 11.8 Å². The Labute approximate surface area is 92.1 Å². The van der Waals surface area contributed by atoms with E-state index in [2.05, 4.69) is 0 Å². The zero-order chi connectivity index (χ0) is 10.8. The summed E-state index contributed by atoms with van der Waals surface area (Å²) in [5, 5.41) is 8.91. The molecule has 0 spiro atoms. The van der Waals surface area contributed by atoms with Gasteiger partial charge in [-0.1, -0.05) is 0 Å². The Morgan fingerprint density at radius 3 is 2.80 bits per heavy atom. The van der Waals surface area contributed by atoms with Crippen molar-refractivity contribution in [3.05, 3.63) is 27.3 Å². The Hall–Kier alpha value is -1.21. The van der Waals surface area contributed by atoms with Gasteiger partial charge in [-0.2, -0.15) is 5.26 Å². The fraction of sp³-hybridized carbons (Fsp3) is 0.455. The summed E-state index contributed by atoms with van der Waals surface area (Å²) in [5.41, 5.74) is 0.760. The van der Waals surface area contributed by atoms with Crippen LogP contribution in [0.15, 0.2) is 14.1 Å². The summed E-state index contributed by atoms with van der Waals surface area (Å²) in [7, 11) is 0. The monoisotopic (exact) mass is 221 g/mol. The summed E-state index contributed by atoms with van der Waals surface area (Å²) in [6, 6.07) is 1.94. The lowest BCUT2D eigenvalue weighted by molar-refractivity contribution is 0.419. The molecule has 78 valence electrons. The van der Waals surface area contributed by atoms with Crippen molar-refractivity contribution in [2.45, 2.75) is 30.6 Å². The largest absolute Gasteiger partial charge is 0.427 e. The van der Waals surface area contributed by atoms with E-state index >= 15 is 0 Å². The van der Waals surface area contributed by atoms with Crippen LogP contribution >= 0.6 is 11.8 Å². The lowest BCUT2D eigenvalue weighted by Crippen LogP contribution is -2.14. The highest BCUT2D eigenvalue weighted by atomic mass is 32.2. The van der Waals surface area contributed by atoms with Crippen LogP contribution in [0.2, 0.25) is 0 Å². The van der Waals surface area contributed by atoms with E-state index < -0.39 is 5.63 Å². The van der Waals surface area contributed by atoms with E-state index in [9.17, 15) is 4.79 Å². The zero-order valence-corrected chi connectivity index (χ0v) is 9.32. The predicted octanol–water partition coefficient (Wildman–Crippen LogP) is 2.11. The first-order chi connectivity index (χ1) is 7.27. The number of nitriles is 1. The van der Waals surface area contributed by atoms with Gasteiger partial charge in [-0.3, -0.25) is 0 Å². The molecule has 0 atom stereocenters. The van der Waals surface area contributed by atoms with Gasteiger partial charge in [0.25, 0.3) is 0 Å². The van der Waals surface area contributed by atoms with Gasteiger partial charge in [0.1, 0.15) is 11.8 Å². The quantitative estimate of drug-likeness (QED) is 0.681. The molecule has 1 aromatic rings. The van der Waals surface area contributed by atoms with Gasteiger partial charge in [0.2, 0.25) is 0 Å². The van der Waals surface area contributed by atoms with E-state index in [-0.39, 0.29) is 5.56 Å². The normalized spacial score (nSPS) is 14.4. The number of nitrogens with zero attached hydrogens (tertiary/aromatic N) is 1. The highest BCUT2D eigenvalue weighted by molar-refractivity contribution is 7.98. The number of hydrogen-bond acceptors (Lipinski definition) is 4. The maximum absolute atomic E-state index is 11.5. The molecule has 3 nitrogen and oxygen atoms in total. The summed E-state index contributed by atoms with van der Waals surface area (Å²) in [4.78, 5) is 12.3. The molecule has 0 aliphatic heterocycles. The van der Waals surface area contributed by atoms with E-state index in [1.807, 2.05) is 12.3 Å². The summed E-state index contributed by atoms with van der Waals surface area (Å²) in [6.07, 6.45) is 5.81. The minimum absolute atomic E-state index is 0.170. The Morgan fingerprint density at radius 1 is 1.40 bits per heavy atom. The first kappa shape index (κ1) is 10.3. The van der Waals surface area contributed by atoms with Gasteiger partial charge in [0.05, 0.1) is 0 Å². The maximum atomic E-state index is 11.5. The fourth-order valence-corrected chi connectivity index (χ4v) is 2.75. The Bertz CT molecular complexity index is 485. The van der Waals surface area contributed by atoms with Crippen LogP contribution in [-0.2, 0) is 12.8 Å². The molecule has 1 aliphatic carbocycles. The summed E-state index contributed by atoms with van der Waals surface area (Å²) < 4.78 is 5.17. The SMILES string of the molecule is CSc1c2c(oc(=O)c1C#N)CCCC2. The molecule has 1 heterocycles. The molecule has 4 heteroatoms. The topological polar surface area (TPSA) is 54.0 Å². The van der Waals surface area contributed by atoms with Gasteiger partial charge < -0.3 is 4.42 Å². The van der Waals surface area contributed by atoms with Crippen molar-refractivity contribution in [1.82, 2.24) is 0 Å². The molecule has 1 aromatic heterocycles. The summed E-state index contributed by atoms with van der Waals surface area (Å²) >= 11 is 1.47. The fourth-order valence-electron chi connectivity index (χ4n) is 1.96. The smallest absolute Gasteiger partial charge is 0.355 e. The predicted molar refractivity (Wildman–Crippen MR) is 58.1 cm³/mol. The maximum Gasteiger partial charge on any atom is 0.355 e. The standard InChI is InChI=1S/C11H11NO2S/c1-15-10-7-4-2-3-5-9(7)14-11(13)8(10)6-12/h2-5H2,1H3. The van der Waals surface area contributed by atoms with Crippen LogP contribution in [-0.4, -0.2) is 6.26 Å². The molecule has 1 aliphatic rings.